The predicted octanol–water partition coefficient (Wildman–Crippen LogP) is 20.0. The highest BCUT2D eigenvalue weighted by Gasteiger charge is 2.27. The number of aliphatic hydroxyl groups is 1. The molecule has 0 aromatic heterocycles. The van der Waals surface area contributed by atoms with Crippen molar-refractivity contribution < 1.29 is 32.9 Å². The molecule has 0 aliphatic carbocycles. The SMILES string of the molecule is CC/C=C\C/C=C\C/C=C\C/C=C\C/C=C\C/C=C\C/C=C\C/C=C\C/C=C\C/C=C\C/C=C\CCCCCCCC(=O)NC(COP(=O)(O)OCC[N+](C)(C)C)C(O)/C=C/CC/C=C/CC/C=C/CCCCCCCCCCC. The van der Waals surface area contributed by atoms with E-state index in [4.69, 9.17) is 9.05 Å². The number of aliphatic hydroxyl groups excluding tert-OH is 1. The quantitative estimate of drug-likeness (QED) is 0.0243. The zero-order valence-corrected chi connectivity index (χ0v) is 52.4. The Bertz CT molecular complexity index is 1900. The van der Waals surface area contributed by atoms with E-state index in [-0.39, 0.29) is 19.1 Å². The summed E-state index contributed by atoms with van der Waals surface area (Å²) < 4.78 is 23.7. The fourth-order valence-electron chi connectivity index (χ4n) is 8.02. The van der Waals surface area contributed by atoms with Crippen LogP contribution >= 0.6 is 7.82 Å². The molecular weight excluding hydrogens is 1010 g/mol. The summed E-state index contributed by atoms with van der Waals surface area (Å²) in [7, 11) is 1.51. The van der Waals surface area contributed by atoms with Gasteiger partial charge in [-0.15, -0.1) is 0 Å². The van der Waals surface area contributed by atoms with Crippen LogP contribution in [0.5, 0.6) is 0 Å². The smallest absolute Gasteiger partial charge is 0.387 e. The number of phosphoric acid groups is 1. The Kier molecular flexibility index (Phi) is 56.4. The summed E-state index contributed by atoms with van der Waals surface area (Å²) >= 11 is 0. The molecule has 3 atom stereocenters. The second-order valence-electron chi connectivity index (χ2n) is 21.7. The zero-order valence-electron chi connectivity index (χ0n) is 51.5. The van der Waals surface area contributed by atoms with Gasteiger partial charge < -0.3 is 19.8 Å². The lowest BCUT2D eigenvalue weighted by Crippen LogP contribution is -2.45. The van der Waals surface area contributed by atoms with Gasteiger partial charge >= 0.3 is 7.82 Å². The Labute approximate surface area is 492 Å². The van der Waals surface area contributed by atoms with Gasteiger partial charge in [0, 0.05) is 6.42 Å². The van der Waals surface area contributed by atoms with Crippen LogP contribution < -0.4 is 5.32 Å². The molecule has 0 aromatic carbocycles. The fraction of sp³-hybridized carbons (Fsp3) is 0.592. The molecule has 1 amide bonds. The van der Waals surface area contributed by atoms with Gasteiger partial charge in [-0.25, -0.2) is 4.57 Å². The molecule has 0 aliphatic rings. The predicted molar refractivity (Wildman–Crippen MR) is 350 cm³/mol. The lowest BCUT2D eigenvalue weighted by Gasteiger charge is -2.25. The molecule has 0 saturated carbocycles. The van der Waals surface area contributed by atoms with Crippen LogP contribution in [0, 0.1) is 0 Å². The molecule has 3 N–H and O–H groups in total. The highest BCUT2D eigenvalue weighted by Crippen LogP contribution is 2.43. The van der Waals surface area contributed by atoms with Crippen LogP contribution in [-0.4, -0.2) is 73.4 Å². The molecule has 9 heteroatoms. The largest absolute Gasteiger partial charge is 0.472 e. The van der Waals surface area contributed by atoms with Crippen molar-refractivity contribution in [3.05, 3.63) is 170 Å². The Morgan fingerprint density at radius 1 is 0.438 bits per heavy atom. The van der Waals surface area contributed by atoms with Crippen LogP contribution in [0.25, 0.3) is 0 Å². The molecule has 0 bridgehead atoms. The first kappa shape index (κ1) is 75.9. The number of quaternary nitrogens is 1. The molecule has 3 unspecified atom stereocenters. The van der Waals surface area contributed by atoms with E-state index in [1.807, 2.05) is 27.2 Å². The van der Waals surface area contributed by atoms with Crippen molar-refractivity contribution in [3.63, 3.8) is 0 Å². The number of carbonyl (C=O) groups excluding carboxylic acids is 1. The van der Waals surface area contributed by atoms with Gasteiger partial charge in [-0.1, -0.05) is 255 Å². The number of allylic oxidation sites excluding steroid dienone is 27. The monoisotopic (exact) mass is 1130 g/mol. The average molecular weight is 1130 g/mol. The maximum Gasteiger partial charge on any atom is 0.472 e. The van der Waals surface area contributed by atoms with Crippen molar-refractivity contribution in [3.8, 4) is 0 Å². The molecule has 8 nitrogen and oxygen atoms in total. The minimum Gasteiger partial charge on any atom is -0.387 e. The maximum atomic E-state index is 13.0. The molecule has 0 saturated heterocycles. The number of unbranched alkanes of at least 4 members (excludes halogenated alkanes) is 16. The molecule has 0 radical (unpaired) electrons. The number of rotatable bonds is 55. The Balaban J connectivity index is 4.28. The van der Waals surface area contributed by atoms with Crippen molar-refractivity contribution in [2.24, 2.45) is 0 Å². The Morgan fingerprint density at radius 3 is 1.15 bits per heavy atom. The highest BCUT2D eigenvalue weighted by molar-refractivity contribution is 7.47. The van der Waals surface area contributed by atoms with Gasteiger partial charge in [-0.2, -0.15) is 0 Å². The van der Waals surface area contributed by atoms with Gasteiger partial charge in [0.1, 0.15) is 13.2 Å². The van der Waals surface area contributed by atoms with E-state index < -0.39 is 20.0 Å². The molecule has 80 heavy (non-hydrogen) atoms. The van der Waals surface area contributed by atoms with Gasteiger partial charge in [-0.3, -0.25) is 13.8 Å². The average Bonchev–Trinajstić information content (AvgIpc) is 3.42. The zero-order chi connectivity index (χ0) is 58.4. The van der Waals surface area contributed by atoms with Gasteiger partial charge in [0.15, 0.2) is 0 Å². The normalized spacial score (nSPS) is 14.9. The van der Waals surface area contributed by atoms with Gasteiger partial charge in [0.2, 0.25) is 5.91 Å². The van der Waals surface area contributed by atoms with Crippen LogP contribution in [-0.2, 0) is 18.4 Å². The summed E-state index contributed by atoms with van der Waals surface area (Å²) in [6.07, 6.45) is 94.7. The summed E-state index contributed by atoms with van der Waals surface area (Å²) in [6, 6.07) is -0.894. The minimum atomic E-state index is -4.38. The Morgan fingerprint density at radius 2 is 0.762 bits per heavy atom. The van der Waals surface area contributed by atoms with E-state index in [9.17, 15) is 19.4 Å². The van der Waals surface area contributed by atoms with Crippen LogP contribution in [0.15, 0.2) is 170 Å². The van der Waals surface area contributed by atoms with Crippen LogP contribution in [0.3, 0.4) is 0 Å². The van der Waals surface area contributed by atoms with E-state index in [1.54, 1.807) is 6.08 Å². The van der Waals surface area contributed by atoms with E-state index in [2.05, 4.69) is 177 Å². The fourth-order valence-corrected chi connectivity index (χ4v) is 8.75. The molecule has 0 aromatic rings. The van der Waals surface area contributed by atoms with Gasteiger partial charge in [0.05, 0.1) is 39.9 Å². The summed E-state index contributed by atoms with van der Waals surface area (Å²) in [5, 5.41) is 13.9. The second kappa shape index (κ2) is 59.5. The summed E-state index contributed by atoms with van der Waals surface area (Å²) in [6.45, 7) is 4.63. The third-order valence-corrected chi connectivity index (χ3v) is 13.9. The molecule has 0 aliphatic heterocycles. The highest BCUT2D eigenvalue weighted by atomic mass is 31.2. The van der Waals surface area contributed by atoms with Gasteiger partial charge in [-0.05, 0) is 128 Å². The maximum absolute atomic E-state index is 13.0. The van der Waals surface area contributed by atoms with E-state index in [0.29, 0.717) is 17.4 Å². The summed E-state index contributed by atoms with van der Waals surface area (Å²) in [5.41, 5.74) is 0. The number of amides is 1. The molecule has 452 valence electrons. The van der Waals surface area contributed by atoms with Crippen LogP contribution in [0.4, 0.5) is 0 Å². The first-order valence-electron chi connectivity index (χ1n) is 31.5. The molecule has 0 rings (SSSR count). The van der Waals surface area contributed by atoms with E-state index >= 15 is 0 Å². The summed E-state index contributed by atoms with van der Waals surface area (Å²) in [5.74, 6) is -0.217. The van der Waals surface area contributed by atoms with Crippen molar-refractivity contribution in [2.45, 2.75) is 231 Å². The third kappa shape index (κ3) is 61.5. The Hall–Kier alpha value is -4.14. The number of carbonyl (C=O) groups is 1. The second-order valence-corrected chi connectivity index (χ2v) is 23.1. The van der Waals surface area contributed by atoms with Crippen molar-refractivity contribution in [1.82, 2.24) is 5.32 Å². The van der Waals surface area contributed by atoms with E-state index in [1.165, 1.54) is 64.2 Å². The number of hydrogen-bond donors (Lipinski definition) is 3. The molecule has 0 heterocycles. The van der Waals surface area contributed by atoms with Crippen LogP contribution in [0.2, 0.25) is 0 Å². The number of hydrogen-bond acceptors (Lipinski definition) is 5. The number of nitrogens with one attached hydrogen (secondary N) is 1. The first-order chi connectivity index (χ1) is 39.0. The van der Waals surface area contributed by atoms with E-state index in [0.717, 1.165) is 135 Å². The van der Waals surface area contributed by atoms with Crippen molar-refractivity contribution in [1.29, 1.82) is 0 Å². The molecule has 0 spiro atoms. The lowest BCUT2D eigenvalue weighted by atomic mass is 10.1. The van der Waals surface area contributed by atoms with Gasteiger partial charge in [0.25, 0.3) is 0 Å². The molecular formula is C71H118N2O6P+. The van der Waals surface area contributed by atoms with Crippen molar-refractivity contribution in [2.75, 3.05) is 40.9 Å². The number of likely N-dealkylation sites (N-methyl/N-ethyl adjacent to an activating group) is 1. The third-order valence-electron chi connectivity index (χ3n) is 12.9. The lowest BCUT2D eigenvalue weighted by molar-refractivity contribution is -0.870. The number of phosphoric ester groups is 1. The topological polar surface area (TPSA) is 105 Å². The van der Waals surface area contributed by atoms with Crippen LogP contribution in [0.1, 0.15) is 219 Å². The van der Waals surface area contributed by atoms with Crippen molar-refractivity contribution >= 4 is 13.7 Å². The standard InChI is InChI=1S/C71H117N2O6P/c1-6-8-10-12-14-16-18-20-22-24-26-27-28-29-30-31-32-33-34-35-36-37-38-39-40-41-42-43-44-45-47-49-51-53-55-57-59-61-63-65-71(75)72-69(68-79-80(76,77)78-67-66-73(3,4)5)70(74)64-62-60-58-56-54-52-50-48-46-25-23-21-19-17-15-13-11-9-7-2/h8,10,14,16,20,22,26-27,29-30,32-33,35-36,38-39,41-42,44-46,48-49,51,54,56,62,64,69-70,74H,6-7,9,11-13,15,17-19,21,23-25,28,31,34,37,40,43,47,50,52-53,55,57-61,63,65-68H2,1-5H3,(H-,72,75,76,77)/p+1/b10-8-,16-14-,22-20-,27-26-,30-29-,33-32-,36-35-,39-38-,42-41-,45-44-,48-46+,51-49-,56-54+,64-62+. The minimum absolute atomic E-state index is 0.0400. The molecule has 0 fully saturated rings. The first-order valence-corrected chi connectivity index (χ1v) is 33.0. The summed E-state index contributed by atoms with van der Waals surface area (Å²) in [4.78, 5) is 23.3. The number of nitrogens with zero attached hydrogens (tertiary/aromatic N) is 1.